The van der Waals surface area contributed by atoms with Gasteiger partial charge in [0, 0.05) is 24.2 Å². The van der Waals surface area contributed by atoms with Gasteiger partial charge >= 0.3 is 0 Å². The predicted octanol–water partition coefficient (Wildman–Crippen LogP) is 4.04. The average molecular weight is 557 g/mol. The number of rotatable bonds is 8. The normalized spacial score (nSPS) is 16.9. The highest BCUT2D eigenvalue weighted by Gasteiger charge is 2.39. The molecular formula is C27H33FN6O4S. The van der Waals surface area contributed by atoms with Gasteiger partial charge in [0.15, 0.2) is 5.03 Å². The third-order valence-corrected chi connectivity index (χ3v) is 7.54. The zero-order chi connectivity index (χ0) is 28.5. The van der Waals surface area contributed by atoms with E-state index in [1.54, 1.807) is 6.07 Å². The first-order valence-corrected chi connectivity index (χ1v) is 14.1. The summed E-state index contributed by atoms with van der Waals surface area (Å²) in [6, 6.07) is 9.88. The maximum absolute atomic E-state index is 14.4. The highest BCUT2D eigenvalue weighted by Crippen LogP contribution is 2.38. The number of aromatic nitrogens is 3. The summed E-state index contributed by atoms with van der Waals surface area (Å²) in [4.78, 5) is 27.9. The molecule has 0 aliphatic carbocycles. The molecule has 10 nitrogen and oxygen atoms in total. The molecule has 1 saturated heterocycles. The SMILES string of the molecule is CC(C)COc1cc(F)nc(-c2ccc(C(=O)NS(=O)(=O)c3cccc(N)n3)c(N3C[C@@H](C)CC3(C)C)n2)c1. The van der Waals surface area contributed by atoms with E-state index < -0.39 is 21.9 Å². The molecule has 1 fully saturated rings. The summed E-state index contributed by atoms with van der Waals surface area (Å²) >= 11 is 0. The molecule has 0 spiro atoms. The van der Waals surface area contributed by atoms with Gasteiger partial charge < -0.3 is 15.4 Å². The first-order chi connectivity index (χ1) is 18.2. The van der Waals surface area contributed by atoms with E-state index in [1.807, 2.05) is 32.6 Å². The molecule has 3 aromatic heterocycles. The van der Waals surface area contributed by atoms with Gasteiger partial charge in [0.05, 0.1) is 23.6 Å². The van der Waals surface area contributed by atoms with E-state index in [-0.39, 0.29) is 39.4 Å². The Morgan fingerprint density at radius 2 is 1.92 bits per heavy atom. The fourth-order valence-corrected chi connectivity index (χ4v) is 5.64. The number of halogens is 1. The predicted molar refractivity (Wildman–Crippen MR) is 146 cm³/mol. The second-order valence-electron chi connectivity index (χ2n) is 10.9. The lowest BCUT2D eigenvalue weighted by Gasteiger charge is -2.34. The Morgan fingerprint density at radius 3 is 2.56 bits per heavy atom. The van der Waals surface area contributed by atoms with E-state index in [1.165, 1.54) is 36.4 Å². The van der Waals surface area contributed by atoms with Gasteiger partial charge in [0.25, 0.3) is 15.9 Å². The Bertz CT molecular complexity index is 1500. The summed E-state index contributed by atoms with van der Waals surface area (Å²) in [5.74, 6) is -0.485. The standard InChI is InChI=1S/C27H33FN6O4S/c1-16(2)15-38-18-11-21(30-22(28)12-18)20-10-9-19(25(31-20)34-14-17(3)13-27(34,4)5)26(35)33-39(36,37)24-8-6-7-23(29)32-24/h6-12,16-17H,13-15H2,1-5H3,(H2,29,32)(H,33,35)/t17-/m0/s1. The van der Waals surface area contributed by atoms with Gasteiger partial charge in [-0.3, -0.25) is 4.79 Å². The van der Waals surface area contributed by atoms with Crippen LogP contribution in [0.15, 0.2) is 47.5 Å². The minimum atomic E-state index is -4.31. The lowest BCUT2D eigenvalue weighted by atomic mass is 9.97. The van der Waals surface area contributed by atoms with Crippen molar-refractivity contribution in [2.24, 2.45) is 11.8 Å². The Morgan fingerprint density at radius 1 is 1.18 bits per heavy atom. The number of nitrogens with zero attached hydrogens (tertiary/aromatic N) is 4. The van der Waals surface area contributed by atoms with Gasteiger partial charge in [0.2, 0.25) is 5.95 Å². The number of carbonyl (C=O) groups is 1. The third-order valence-electron chi connectivity index (χ3n) is 6.31. The van der Waals surface area contributed by atoms with Crippen molar-refractivity contribution in [2.75, 3.05) is 23.8 Å². The largest absolute Gasteiger partial charge is 0.493 e. The van der Waals surface area contributed by atoms with Gasteiger partial charge in [-0.05, 0) is 56.4 Å². The minimum Gasteiger partial charge on any atom is -0.493 e. The lowest BCUT2D eigenvalue weighted by molar-refractivity contribution is 0.0981. The van der Waals surface area contributed by atoms with Gasteiger partial charge in [0.1, 0.15) is 17.4 Å². The summed E-state index contributed by atoms with van der Waals surface area (Å²) in [5.41, 5.74) is 5.83. The van der Waals surface area contributed by atoms with E-state index in [0.29, 0.717) is 30.5 Å². The van der Waals surface area contributed by atoms with Crippen LogP contribution in [-0.4, -0.2) is 48.0 Å². The van der Waals surface area contributed by atoms with Crippen LogP contribution in [0.25, 0.3) is 11.4 Å². The number of nitrogen functional groups attached to an aromatic ring is 1. The Hall–Kier alpha value is -3.80. The topological polar surface area (TPSA) is 140 Å². The van der Waals surface area contributed by atoms with Crippen molar-refractivity contribution in [3.63, 3.8) is 0 Å². The van der Waals surface area contributed by atoms with E-state index in [9.17, 15) is 17.6 Å². The molecule has 3 aromatic rings. The Labute approximate surface area is 227 Å². The van der Waals surface area contributed by atoms with E-state index in [2.05, 4.69) is 21.6 Å². The molecule has 4 heterocycles. The van der Waals surface area contributed by atoms with Gasteiger partial charge in [-0.1, -0.05) is 26.8 Å². The van der Waals surface area contributed by atoms with Crippen LogP contribution in [0.1, 0.15) is 51.4 Å². The van der Waals surface area contributed by atoms with Crippen LogP contribution in [0.3, 0.4) is 0 Å². The first kappa shape index (κ1) is 28.2. The highest BCUT2D eigenvalue weighted by atomic mass is 32.2. The summed E-state index contributed by atoms with van der Waals surface area (Å²) in [5, 5.41) is -0.380. The van der Waals surface area contributed by atoms with E-state index in [4.69, 9.17) is 15.5 Å². The van der Waals surface area contributed by atoms with Crippen LogP contribution in [0, 0.1) is 17.8 Å². The number of nitrogens with two attached hydrogens (primary N) is 1. The van der Waals surface area contributed by atoms with Gasteiger partial charge in [-0.2, -0.15) is 12.8 Å². The summed E-state index contributed by atoms with van der Waals surface area (Å²) in [6.07, 6.45) is 0.830. The number of pyridine rings is 3. The molecule has 12 heteroatoms. The molecule has 208 valence electrons. The average Bonchev–Trinajstić information content (AvgIpc) is 3.13. The Kier molecular flexibility index (Phi) is 7.78. The van der Waals surface area contributed by atoms with Crippen LogP contribution in [-0.2, 0) is 10.0 Å². The highest BCUT2D eigenvalue weighted by molar-refractivity contribution is 7.90. The van der Waals surface area contributed by atoms with E-state index in [0.717, 1.165) is 6.42 Å². The number of hydrogen-bond donors (Lipinski definition) is 2. The molecular weight excluding hydrogens is 523 g/mol. The van der Waals surface area contributed by atoms with Crippen molar-refractivity contribution < 1.29 is 22.3 Å². The molecule has 0 aromatic carbocycles. The second kappa shape index (κ2) is 10.8. The summed E-state index contributed by atoms with van der Waals surface area (Å²) in [6.45, 7) is 11.1. The van der Waals surface area contributed by atoms with Crippen LogP contribution in [0.4, 0.5) is 16.0 Å². The number of anilines is 2. The molecule has 0 bridgehead atoms. The fraction of sp³-hybridized carbons (Fsp3) is 0.407. The fourth-order valence-electron chi connectivity index (χ4n) is 4.69. The quantitative estimate of drug-likeness (QED) is 0.393. The number of ether oxygens (including phenoxy) is 1. The first-order valence-electron chi connectivity index (χ1n) is 12.6. The number of nitrogens with one attached hydrogen (secondary N) is 1. The van der Waals surface area contributed by atoms with Crippen LogP contribution in [0.2, 0.25) is 0 Å². The third kappa shape index (κ3) is 6.44. The molecule has 0 radical (unpaired) electrons. The van der Waals surface area contributed by atoms with Gasteiger partial charge in [-0.25, -0.2) is 19.7 Å². The molecule has 1 atom stereocenters. The molecule has 4 rings (SSSR count). The van der Waals surface area contributed by atoms with Crippen molar-refractivity contribution in [3.05, 3.63) is 54.0 Å². The summed E-state index contributed by atoms with van der Waals surface area (Å²) < 4.78 is 48.0. The molecule has 0 unspecified atom stereocenters. The number of carbonyl (C=O) groups excluding carboxylic acids is 1. The van der Waals surface area contributed by atoms with Crippen molar-refractivity contribution in [1.29, 1.82) is 0 Å². The van der Waals surface area contributed by atoms with Crippen molar-refractivity contribution >= 4 is 27.6 Å². The van der Waals surface area contributed by atoms with Gasteiger partial charge in [-0.15, -0.1) is 0 Å². The van der Waals surface area contributed by atoms with Crippen molar-refractivity contribution in [2.45, 2.75) is 51.6 Å². The van der Waals surface area contributed by atoms with Crippen LogP contribution < -0.4 is 20.1 Å². The maximum atomic E-state index is 14.4. The monoisotopic (exact) mass is 556 g/mol. The van der Waals surface area contributed by atoms with Crippen LogP contribution in [0.5, 0.6) is 5.75 Å². The van der Waals surface area contributed by atoms with E-state index >= 15 is 0 Å². The Balaban J connectivity index is 1.76. The lowest BCUT2D eigenvalue weighted by Crippen LogP contribution is -2.41. The molecule has 3 N–H and O–H groups in total. The van der Waals surface area contributed by atoms with Crippen molar-refractivity contribution in [1.82, 2.24) is 19.7 Å². The molecule has 1 amide bonds. The smallest absolute Gasteiger partial charge is 0.281 e. The minimum absolute atomic E-state index is 0.00386. The number of sulfonamides is 1. The van der Waals surface area contributed by atoms with Crippen LogP contribution >= 0.6 is 0 Å². The second-order valence-corrected chi connectivity index (χ2v) is 12.5. The maximum Gasteiger partial charge on any atom is 0.281 e. The summed E-state index contributed by atoms with van der Waals surface area (Å²) in [7, 11) is -4.31. The molecule has 1 aliphatic heterocycles. The zero-order valence-corrected chi connectivity index (χ0v) is 23.4. The molecule has 1 aliphatic rings. The van der Waals surface area contributed by atoms with Crippen molar-refractivity contribution in [3.8, 4) is 17.1 Å². The number of hydrogen-bond acceptors (Lipinski definition) is 9. The zero-order valence-electron chi connectivity index (χ0n) is 22.6. The molecule has 0 saturated carbocycles. The molecule has 39 heavy (non-hydrogen) atoms. The number of amides is 1.